The van der Waals surface area contributed by atoms with Gasteiger partial charge in [0.05, 0.1) is 28.9 Å². The molecule has 2 heterocycles. The average Bonchev–Trinajstić information content (AvgIpc) is 3.03. The van der Waals surface area contributed by atoms with Crippen LogP contribution in [0.4, 0.5) is 11.4 Å². The lowest BCUT2D eigenvalue weighted by molar-refractivity contribution is 0.122. The number of rotatable bonds is 4. The molecule has 0 unspecified atom stereocenters. The Morgan fingerprint density at radius 1 is 0.897 bits per heavy atom. The molecule has 4 rings (SSSR count). The van der Waals surface area contributed by atoms with E-state index < -0.39 is 0 Å². The monoisotopic (exact) mass is 427 g/mol. The van der Waals surface area contributed by atoms with E-state index in [-0.39, 0.29) is 0 Å². The quantitative estimate of drug-likeness (QED) is 0.478. The molecule has 4 nitrogen and oxygen atoms in total. The lowest BCUT2D eigenvalue weighted by Gasteiger charge is -2.28. The summed E-state index contributed by atoms with van der Waals surface area (Å²) in [6, 6.07) is 16.2. The predicted molar refractivity (Wildman–Crippen MR) is 122 cm³/mol. The summed E-state index contributed by atoms with van der Waals surface area (Å²) in [4.78, 5) is 7.01. The number of hydrogen-bond donors (Lipinski definition) is 0. The second-order valence-electron chi connectivity index (χ2n) is 7.13. The van der Waals surface area contributed by atoms with Crippen molar-refractivity contribution < 1.29 is 4.74 Å². The Kier molecular flexibility index (Phi) is 5.95. The minimum Gasteiger partial charge on any atom is -0.378 e. The topological polar surface area (TPSA) is 29.8 Å². The Morgan fingerprint density at radius 3 is 2.28 bits per heavy atom. The maximum atomic E-state index is 6.20. The lowest BCUT2D eigenvalue weighted by Crippen LogP contribution is -2.36. The summed E-state index contributed by atoms with van der Waals surface area (Å²) in [6.07, 6.45) is 1.92. The number of benzene rings is 2. The highest BCUT2D eigenvalue weighted by Gasteiger charge is 2.12. The van der Waals surface area contributed by atoms with Crippen molar-refractivity contribution in [3.8, 4) is 5.69 Å². The number of halogens is 2. The SMILES string of the molecule is Cc1cc(C=Nc2ccc(N3CCOCC3)cc2)c(C)n1-c1ccc(Cl)c(Cl)c1. The van der Waals surface area contributed by atoms with Crippen LogP contribution >= 0.6 is 23.2 Å². The molecule has 2 aromatic carbocycles. The summed E-state index contributed by atoms with van der Waals surface area (Å²) < 4.78 is 7.58. The van der Waals surface area contributed by atoms with E-state index in [1.165, 1.54) is 5.69 Å². The largest absolute Gasteiger partial charge is 0.378 e. The number of ether oxygens (including phenoxy) is 1. The fraction of sp³-hybridized carbons (Fsp3) is 0.261. The minimum absolute atomic E-state index is 0.548. The van der Waals surface area contributed by atoms with Gasteiger partial charge in [-0.25, -0.2) is 0 Å². The molecule has 1 aliphatic heterocycles. The molecule has 1 fully saturated rings. The lowest BCUT2D eigenvalue weighted by atomic mass is 10.2. The maximum Gasteiger partial charge on any atom is 0.0642 e. The van der Waals surface area contributed by atoms with Crippen LogP contribution < -0.4 is 4.90 Å². The van der Waals surface area contributed by atoms with Crippen molar-refractivity contribution in [2.45, 2.75) is 13.8 Å². The predicted octanol–water partition coefficient (Wildman–Crippen LogP) is 5.99. The Labute approximate surface area is 181 Å². The molecule has 0 spiro atoms. The van der Waals surface area contributed by atoms with Gasteiger partial charge in [0, 0.05) is 47.6 Å². The number of aromatic nitrogens is 1. The van der Waals surface area contributed by atoms with Gasteiger partial charge >= 0.3 is 0 Å². The molecule has 3 aromatic rings. The first-order valence-corrected chi connectivity index (χ1v) is 10.4. The van der Waals surface area contributed by atoms with Crippen LogP contribution in [0.3, 0.4) is 0 Å². The van der Waals surface area contributed by atoms with Crippen molar-refractivity contribution in [2.75, 3.05) is 31.2 Å². The number of morpholine rings is 1. The highest BCUT2D eigenvalue weighted by molar-refractivity contribution is 6.42. The van der Waals surface area contributed by atoms with Crippen LogP contribution in [0.15, 0.2) is 53.5 Å². The molecule has 1 aromatic heterocycles. The third kappa shape index (κ3) is 4.35. The Bertz CT molecular complexity index is 1040. The van der Waals surface area contributed by atoms with Crippen LogP contribution in [0.5, 0.6) is 0 Å². The molecular formula is C23H23Cl2N3O. The molecule has 0 bridgehead atoms. The van der Waals surface area contributed by atoms with Crippen LogP contribution in [-0.2, 0) is 4.74 Å². The van der Waals surface area contributed by atoms with Crippen LogP contribution in [0.2, 0.25) is 10.0 Å². The van der Waals surface area contributed by atoms with Gasteiger partial charge in [-0.1, -0.05) is 23.2 Å². The van der Waals surface area contributed by atoms with E-state index in [0.717, 1.165) is 54.6 Å². The van der Waals surface area contributed by atoms with Crippen LogP contribution in [0.1, 0.15) is 17.0 Å². The molecule has 6 heteroatoms. The van der Waals surface area contributed by atoms with E-state index in [4.69, 9.17) is 27.9 Å². The number of aryl methyl sites for hydroxylation is 1. The molecule has 29 heavy (non-hydrogen) atoms. The summed E-state index contributed by atoms with van der Waals surface area (Å²) in [6.45, 7) is 7.59. The van der Waals surface area contributed by atoms with E-state index in [2.05, 4.69) is 58.6 Å². The smallest absolute Gasteiger partial charge is 0.0642 e. The van der Waals surface area contributed by atoms with Crippen molar-refractivity contribution in [1.29, 1.82) is 0 Å². The van der Waals surface area contributed by atoms with Gasteiger partial charge in [0.2, 0.25) is 0 Å². The van der Waals surface area contributed by atoms with E-state index >= 15 is 0 Å². The van der Waals surface area contributed by atoms with Gasteiger partial charge in [0.1, 0.15) is 0 Å². The summed E-state index contributed by atoms with van der Waals surface area (Å²) in [5.41, 5.74) is 6.43. The van der Waals surface area contributed by atoms with Crippen molar-refractivity contribution in [3.63, 3.8) is 0 Å². The molecule has 0 radical (unpaired) electrons. The van der Waals surface area contributed by atoms with Crippen molar-refractivity contribution in [1.82, 2.24) is 4.57 Å². The first-order valence-electron chi connectivity index (χ1n) is 9.64. The third-order valence-electron chi connectivity index (χ3n) is 5.21. The van der Waals surface area contributed by atoms with Crippen LogP contribution in [0, 0.1) is 13.8 Å². The number of hydrogen-bond acceptors (Lipinski definition) is 3. The summed E-state index contributed by atoms with van der Waals surface area (Å²) in [5.74, 6) is 0. The normalized spacial score (nSPS) is 14.7. The number of nitrogens with zero attached hydrogens (tertiary/aromatic N) is 3. The van der Waals surface area contributed by atoms with Crippen molar-refractivity contribution >= 4 is 40.8 Å². The highest BCUT2D eigenvalue weighted by Crippen LogP contribution is 2.28. The van der Waals surface area contributed by atoms with E-state index in [0.29, 0.717) is 10.0 Å². The van der Waals surface area contributed by atoms with Gasteiger partial charge in [-0.15, -0.1) is 0 Å². The van der Waals surface area contributed by atoms with Crippen molar-refractivity contribution in [3.05, 3.63) is 75.5 Å². The molecule has 1 aliphatic rings. The molecule has 0 atom stereocenters. The zero-order valence-corrected chi connectivity index (χ0v) is 18.0. The fourth-order valence-electron chi connectivity index (χ4n) is 3.65. The average molecular weight is 428 g/mol. The Hall–Kier alpha value is -2.27. The van der Waals surface area contributed by atoms with Crippen molar-refractivity contribution in [2.24, 2.45) is 4.99 Å². The first kappa shape index (κ1) is 20.0. The van der Waals surface area contributed by atoms with Gasteiger partial charge in [0.25, 0.3) is 0 Å². The fourth-order valence-corrected chi connectivity index (χ4v) is 3.95. The van der Waals surface area contributed by atoms with Gasteiger partial charge in [-0.05, 0) is 62.4 Å². The van der Waals surface area contributed by atoms with Gasteiger partial charge in [-0.3, -0.25) is 4.99 Å². The zero-order valence-electron chi connectivity index (χ0n) is 16.5. The molecular weight excluding hydrogens is 405 g/mol. The van der Waals surface area contributed by atoms with Gasteiger partial charge in [-0.2, -0.15) is 0 Å². The summed E-state index contributed by atoms with van der Waals surface area (Å²) in [7, 11) is 0. The van der Waals surface area contributed by atoms with Gasteiger partial charge < -0.3 is 14.2 Å². The standard InChI is InChI=1S/C23H23Cl2N3O/c1-16-13-18(17(2)28(16)21-7-8-22(24)23(25)14-21)15-26-19-3-5-20(6-4-19)27-9-11-29-12-10-27/h3-8,13-15H,9-12H2,1-2H3. The Balaban J connectivity index is 1.55. The van der Waals surface area contributed by atoms with Crippen LogP contribution in [0.25, 0.3) is 5.69 Å². The molecule has 0 N–H and O–H groups in total. The number of aliphatic imine (C=N–C) groups is 1. The maximum absolute atomic E-state index is 6.20. The van der Waals surface area contributed by atoms with Crippen LogP contribution in [-0.4, -0.2) is 37.1 Å². The summed E-state index contributed by atoms with van der Waals surface area (Å²) in [5, 5.41) is 1.10. The second-order valence-corrected chi connectivity index (χ2v) is 7.95. The molecule has 0 saturated carbocycles. The van der Waals surface area contributed by atoms with E-state index in [1.54, 1.807) is 0 Å². The minimum atomic E-state index is 0.548. The second kappa shape index (κ2) is 8.62. The molecule has 1 saturated heterocycles. The highest BCUT2D eigenvalue weighted by atomic mass is 35.5. The molecule has 0 amide bonds. The Morgan fingerprint density at radius 2 is 1.59 bits per heavy atom. The molecule has 150 valence electrons. The summed E-state index contributed by atoms with van der Waals surface area (Å²) >= 11 is 12.3. The van der Waals surface area contributed by atoms with E-state index in [9.17, 15) is 0 Å². The zero-order chi connectivity index (χ0) is 20.4. The number of anilines is 1. The van der Waals surface area contributed by atoms with Gasteiger partial charge in [0.15, 0.2) is 0 Å². The first-order chi connectivity index (χ1) is 14.0. The van der Waals surface area contributed by atoms with E-state index in [1.807, 2.05) is 24.4 Å². The molecule has 0 aliphatic carbocycles. The third-order valence-corrected chi connectivity index (χ3v) is 5.95.